The summed E-state index contributed by atoms with van der Waals surface area (Å²) in [5, 5.41) is 0. The van der Waals surface area contributed by atoms with Crippen LogP contribution in [-0.4, -0.2) is 54.5 Å². The van der Waals surface area contributed by atoms with Gasteiger partial charge in [-0.05, 0) is 51.1 Å². The van der Waals surface area contributed by atoms with Gasteiger partial charge in [-0.3, -0.25) is 9.69 Å². The van der Waals surface area contributed by atoms with Gasteiger partial charge >= 0.3 is 0 Å². The number of piperidine rings is 1. The average Bonchev–Trinajstić information content (AvgIpc) is 2.53. The molecule has 3 atom stereocenters. The maximum atomic E-state index is 12.8. The van der Waals surface area contributed by atoms with E-state index in [0.717, 1.165) is 39.0 Å². The summed E-state index contributed by atoms with van der Waals surface area (Å²) < 4.78 is 0. The largest absolute Gasteiger partial charge is 0.340 e. The van der Waals surface area contributed by atoms with Gasteiger partial charge in [-0.2, -0.15) is 0 Å². The molecule has 3 aliphatic rings. The van der Waals surface area contributed by atoms with Crippen LogP contribution < -0.4 is 5.73 Å². The summed E-state index contributed by atoms with van der Waals surface area (Å²) in [6.45, 7) is 5.00. The molecule has 20 heavy (non-hydrogen) atoms. The molecule has 1 saturated carbocycles. The number of carbonyl (C=O) groups is 1. The summed E-state index contributed by atoms with van der Waals surface area (Å²) in [6, 6.07) is 0.635. The predicted octanol–water partition coefficient (Wildman–Crippen LogP) is 1.45. The summed E-state index contributed by atoms with van der Waals surface area (Å²) in [4.78, 5) is 17.5. The van der Waals surface area contributed by atoms with Crippen molar-refractivity contribution in [3.63, 3.8) is 0 Å². The van der Waals surface area contributed by atoms with Crippen LogP contribution in [0, 0.1) is 11.8 Å². The van der Waals surface area contributed by atoms with Gasteiger partial charge in [-0.1, -0.05) is 12.8 Å². The molecule has 2 aliphatic heterocycles. The van der Waals surface area contributed by atoms with Gasteiger partial charge in [-0.15, -0.1) is 0 Å². The Morgan fingerprint density at radius 3 is 2.80 bits per heavy atom. The Morgan fingerprint density at radius 2 is 1.95 bits per heavy atom. The van der Waals surface area contributed by atoms with Gasteiger partial charge in [0.05, 0.1) is 0 Å². The summed E-state index contributed by atoms with van der Waals surface area (Å²) in [5.74, 6) is 1.26. The number of carbonyl (C=O) groups excluding carboxylic acids is 1. The van der Waals surface area contributed by atoms with Crippen LogP contribution in [0.15, 0.2) is 0 Å². The maximum absolute atomic E-state index is 12.8. The van der Waals surface area contributed by atoms with Gasteiger partial charge in [0.15, 0.2) is 0 Å². The number of amides is 1. The van der Waals surface area contributed by atoms with E-state index in [0.29, 0.717) is 17.9 Å². The van der Waals surface area contributed by atoms with E-state index in [1.165, 1.54) is 38.6 Å². The first-order chi connectivity index (χ1) is 9.78. The number of nitrogens with zero attached hydrogens (tertiary/aromatic N) is 2. The standard InChI is InChI=1S/C16H29N3O/c17-11-13-4-3-5-14(10-13)16(20)19-9-8-18-7-2-1-6-15(18)12-19/h13-15H,1-12,17H2. The first kappa shape index (κ1) is 14.3. The van der Waals surface area contributed by atoms with Crippen LogP contribution in [0.5, 0.6) is 0 Å². The number of hydrogen-bond donors (Lipinski definition) is 1. The van der Waals surface area contributed by atoms with Crippen molar-refractivity contribution in [3.05, 3.63) is 0 Å². The van der Waals surface area contributed by atoms with E-state index in [1.54, 1.807) is 0 Å². The van der Waals surface area contributed by atoms with Crippen molar-refractivity contribution in [2.45, 2.75) is 51.0 Å². The minimum Gasteiger partial charge on any atom is -0.340 e. The lowest BCUT2D eigenvalue weighted by molar-refractivity contribution is -0.140. The zero-order valence-corrected chi connectivity index (χ0v) is 12.6. The number of hydrogen-bond acceptors (Lipinski definition) is 3. The zero-order chi connectivity index (χ0) is 13.9. The first-order valence-electron chi connectivity index (χ1n) is 8.51. The van der Waals surface area contributed by atoms with Gasteiger partial charge in [0.25, 0.3) is 0 Å². The maximum Gasteiger partial charge on any atom is 0.225 e. The number of rotatable bonds is 2. The van der Waals surface area contributed by atoms with Crippen molar-refractivity contribution in [3.8, 4) is 0 Å². The fourth-order valence-electron chi connectivity index (χ4n) is 4.34. The Balaban J connectivity index is 1.57. The summed E-state index contributed by atoms with van der Waals surface area (Å²) in [5.41, 5.74) is 5.80. The van der Waals surface area contributed by atoms with E-state index in [9.17, 15) is 4.79 Å². The summed E-state index contributed by atoms with van der Waals surface area (Å²) >= 11 is 0. The molecule has 0 radical (unpaired) electrons. The fraction of sp³-hybridized carbons (Fsp3) is 0.938. The summed E-state index contributed by atoms with van der Waals surface area (Å²) in [7, 11) is 0. The quantitative estimate of drug-likeness (QED) is 0.832. The van der Waals surface area contributed by atoms with Gasteiger partial charge in [-0.25, -0.2) is 0 Å². The molecule has 0 aromatic rings. The van der Waals surface area contributed by atoms with Crippen molar-refractivity contribution in [1.29, 1.82) is 0 Å². The van der Waals surface area contributed by atoms with Crippen molar-refractivity contribution in [2.24, 2.45) is 17.6 Å². The van der Waals surface area contributed by atoms with Gasteiger partial charge in [0.1, 0.15) is 0 Å². The van der Waals surface area contributed by atoms with E-state index in [2.05, 4.69) is 9.80 Å². The fourth-order valence-corrected chi connectivity index (χ4v) is 4.34. The number of piperazine rings is 1. The molecular formula is C16H29N3O. The highest BCUT2D eigenvalue weighted by atomic mass is 16.2. The minimum atomic E-state index is 0.257. The van der Waals surface area contributed by atoms with Crippen molar-refractivity contribution < 1.29 is 4.79 Å². The third-order valence-corrected chi connectivity index (χ3v) is 5.61. The SMILES string of the molecule is NCC1CCCC(C(=O)N2CCN3CCCCC3C2)C1. The zero-order valence-electron chi connectivity index (χ0n) is 12.6. The molecule has 0 bridgehead atoms. The molecule has 3 unspecified atom stereocenters. The molecule has 4 heteroatoms. The molecule has 0 aromatic heterocycles. The van der Waals surface area contributed by atoms with Crippen LogP contribution in [0.4, 0.5) is 0 Å². The minimum absolute atomic E-state index is 0.257. The molecule has 1 aliphatic carbocycles. The molecule has 0 spiro atoms. The second kappa shape index (κ2) is 6.44. The molecule has 2 saturated heterocycles. The molecule has 3 rings (SSSR count). The lowest BCUT2D eigenvalue weighted by Crippen LogP contribution is -2.57. The molecule has 2 N–H and O–H groups in total. The van der Waals surface area contributed by atoms with E-state index in [-0.39, 0.29) is 5.92 Å². The highest BCUT2D eigenvalue weighted by Gasteiger charge is 2.35. The van der Waals surface area contributed by atoms with E-state index in [4.69, 9.17) is 5.73 Å². The Labute approximate surface area is 122 Å². The van der Waals surface area contributed by atoms with Crippen LogP contribution in [0.25, 0.3) is 0 Å². The van der Waals surface area contributed by atoms with Crippen LogP contribution in [-0.2, 0) is 4.79 Å². The molecule has 0 aromatic carbocycles. The van der Waals surface area contributed by atoms with Crippen LogP contribution in [0.3, 0.4) is 0 Å². The van der Waals surface area contributed by atoms with E-state index in [1.807, 2.05) is 0 Å². The second-order valence-electron chi connectivity index (χ2n) is 6.94. The van der Waals surface area contributed by atoms with E-state index < -0.39 is 0 Å². The topological polar surface area (TPSA) is 49.6 Å². The Hall–Kier alpha value is -0.610. The first-order valence-corrected chi connectivity index (χ1v) is 8.51. The van der Waals surface area contributed by atoms with Crippen LogP contribution in [0.1, 0.15) is 44.9 Å². The Morgan fingerprint density at radius 1 is 1.05 bits per heavy atom. The normalized spacial score (nSPS) is 35.6. The molecule has 1 amide bonds. The Kier molecular flexibility index (Phi) is 4.61. The lowest BCUT2D eigenvalue weighted by Gasteiger charge is -2.45. The van der Waals surface area contributed by atoms with Crippen LogP contribution in [0.2, 0.25) is 0 Å². The van der Waals surface area contributed by atoms with Crippen molar-refractivity contribution >= 4 is 5.91 Å². The number of fused-ring (bicyclic) bond motifs is 1. The molecule has 4 nitrogen and oxygen atoms in total. The average molecular weight is 279 g/mol. The molecular weight excluding hydrogens is 250 g/mol. The molecule has 114 valence electrons. The summed E-state index contributed by atoms with van der Waals surface area (Å²) in [6.07, 6.45) is 8.46. The monoisotopic (exact) mass is 279 g/mol. The second-order valence-corrected chi connectivity index (χ2v) is 6.94. The third-order valence-electron chi connectivity index (χ3n) is 5.61. The molecule has 3 fully saturated rings. The Bertz CT molecular complexity index is 347. The lowest BCUT2D eigenvalue weighted by atomic mass is 9.80. The predicted molar refractivity (Wildman–Crippen MR) is 80.3 cm³/mol. The smallest absolute Gasteiger partial charge is 0.225 e. The van der Waals surface area contributed by atoms with Gasteiger partial charge < -0.3 is 10.6 Å². The third kappa shape index (κ3) is 3.01. The van der Waals surface area contributed by atoms with Gasteiger partial charge in [0, 0.05) is 31.6 Å². The van der Waals surface area contributed by atoms with E-state index >= 15 is 0 Å². The molecule has 2 heterocycles. The van der Waals surface area contributed by atoms with Crippen LogP contribution >= 0.6 is 0 Å². The van der Waals surface area contributed by atoms with Gasteiger partial charge in [0.2, 0.25) is 5.91 Å². The highest BCUT2D eigenvalue weighted by Crippen LogP contribution is 2.31. The van der Waals surface area contributed by atoms with Crippen molar-refractivity contribution in [2.75, 3.05) is 32.7 Å². The number of nitrogens with two attached hydrogens (primary N) is 1. The highest BCUT2D eigenvalue weighted by molar-refractivity contribution is 5.79. The van der Waals surface area contributed by atoms with Crippen molar-refractivity contribution in [1.82, 2.24) is 9.80 Å².